The van der Waals surface area contributed by atoms with Gasteiger partial charge in [-0.15, -0.1) is 0 Å². The highest BCUT2D eigenvalue weighted by molar-refractivity contribution is 7.98. The van der Waals surface area contributed by atoms with E-state index in [4.69, 9.17) is 17.3 Å². The van der Waals surface area contributed by atoms with Crippen molar-refractivity contribution >= 4 is 35.1 Å². The molecule has 1 atom stereocenters. The predicted octanol–water partition coefficient (Wildman–Crippen LogP) is 2.49. The van der Waals surface area contributed by atoms with Gasteiger partial charge in [0.15, 0.2) is 0 Å². The summed E-state index contributed by atoms with van der Waals surface area (Å²) in [6.07, 6.45) is 3.47. The second-order valence-corrected chi connectivity index (χ2v) is 6.03. The molecule has 0 aliphatic rings. The van der Waals surface area contributed by atoms with Crippen LogP contribution in [0.15, 0.2) is 30.5 Å². The van der Waals surface area contributed by atoms with Crippen molar-refractivity contribution < 1.29 is 4.79 Å². The third-order valence-corrected chi connectivity index (χ3v) is 4.43. The van der Waals surface area contributed by atoms with Gasteiger partial charge in [-0.25, -0.2) is 0 Å². The molecule has 7 heteroatoms. The topological polar surface area (TPSA) is 72.9 Å². The first-order valence-corrected chi connectivity index (χ1v) is 8.03. The summed E-state index contributed by atoms with van der Waals surface area (Å²) in [4.78, 5) is 12.1. The molecular formula is C14H17ClN4OS. The lowest BCUT2D eigenvalue weighted by Gasteiger charge is -2.16. The lowest BCUT2D eigenvalue weighted by atomic mass is 10.1. The number of nitrogens with two attached hydrogens (primary N) is 1. The monoisotopic (exact) mass is 324 g/mol. The fourth-order valence-electron chi connectivity index (χ4n) is 1.95. The molecule has 1 heterocycles. The summed E-state index contributed by atoms with van der Waals surface area (Å²) in [6.45, 7) is 0.495. The molecule has 2 aromatic rings. The van der Waals surface area contributed by atoms with Crippen LogP contribution in [0.3, 0.4) is 0 Å². The molecule has 0 saturated carbocycles. The van der Waals surface area contributed by atoms with Crippen molar-refractivity contribution in [1.29, 1.82) is 0 Å². The van der Waals surface area contributed by atoms with Crippen LogP contribution in [0.1, 0.15) is 21.2 Å². The van der Waals surface area contributed by atoms with E-state index in [2.05, 4.69) is 10.4 Å². The van der Waals surface area contributed by atoms with E-state index in [9.17, 15) is 4.79 Å². The summed E-state index contributed by atoms with van der Waals surface area (Å²) in [5, 5.41) is 7.67. The quantitative estimate of drug-likeness (QED) is 0.886. The Hall–Kier alpha value is -1.66. The number of aromatic nitrogens is 2. The van der Waals surface area contributed by atoms with Gasteiger partial charge in [0, 0.05) is 23.9 Å². The molecule has 0 fully saturated rings. The SMILES string of the molecule is CSC(CNC(=O)c1cnn(C)c1N)c1cccc(Cl)c1. The van der Waals surface area contributed by atoms with E-state index in [1.165, 1.54) is 10.9 Å². The summed E-state index contributed by atoms with van der Waals surface area (Å²) >= 11 is 7.66. The number of amides is 1. The lowest BCUT2D eigenvalue weighted by Crippen LogP contribution is -2.28. The first-order chi connectivity index (χ1) is 10.0. The van der Waals surface area contributed by atoms with Gasteiger partial charge in [0.05, 0.1) is 6.20 Å². The zero-order valence-corrected chi connectivity index (χ0v) is 13.4. The zero-order chi connectivity index (χ0) is 15.4. The van der Waals surface area contributed by atoms with Crippen molar-refractivity contribution in [2.24, 2.45) is 7.05 Å². The fourth-order valence-corrected chi connectivity index (χ4v) is 2.81. The molecule has 0 spiro atoms. The fraction of sp³-hybridized carbons (Fsp3) is 0.286. The summed E-state index contributed by atoms with van der Waals surface area (Å²) in [7, 11) is 1.70. The van der Waals surface area contributed by atoms with Crippen molar-refractivity contribution in [3.05, 3.63) is 46.6 Å². The van der Waals surface area contributed by atoms with E-state index in [-0.39, 0.29) is 11.2 Å². The van der Waals surface area contributed by atoms with Gasteiger partial charge >= 0.3 is 0 Å². The number of anilines is 1. The van der Waals surface area contributed by atoms with Crippen molar-refractivity contribution in [2.45, 2.75) is 5.25 Å². The smallest absolute Gasteiger partial charge is 0.256 e. The van der Waals surface area contributed by atoms with E-state index in [1.54, 1.807) is 18.8 Å². The standard InChI is InChI=1S/C14H17ClN4OS/c1-19-13(16)11(7-18-19)14(20)17-8-12(21-2)9-4-3-5-10(15)6-9/h3-7,12H,8,16H2,1-2H3,(H,17,20). The van der Waals surface area contributed by atoms with Crippen LogP contribution in [-0.2, 0) is 7.05 Å². The van der Waals surface area contributed by atoms with Crippen LogP contribution in [-0.4, -0.2) is 28.5 Å². The van der Waals surface area contributed by atoms with Crippen LogP contribution in [0, 0.1) is 0 Å². The average Bonchev–Trinajstić information content (AvgIpc) is 2.79. The van der Waals surface area contributed by atoms with Crippen LogP contribution in [0.5, 0.6) is 0 Å². The minimum atomic E-state index is -0.221. The number of thioether (sulfide) groups is 1. The Balaban J connectivity index is 2.03. The summed E-state index contributed by atoms with van der Waals surface area (Å²) in [6, 6.07) is 7.64. The number of nitrogens with zero attached hydrogens (tertiary/aromatic N) is 2. The van der Waals surface area contributed by atoms with Crippen molar-refractivity contribution in [3.63, 3.8) is 0 Å². The largest absolute Gasteiger partial charge is 0.383 e. The third kappa shape index (κ3) is 3.71. The van der Waals surface area contributed by atoms with E-state index in [0.717, 1.165) is 5.56 Å². The van der Waals surface area contributed by atoms with Gasteiger partial charge in [0.25, 0.3) is 5.91 Å². The van der Waals surface area contributed by atoms with Gasteiger partial charge in [-0.3, -0.25) is 9.48 Å². The number of hydrogen-bond donors (Lipinski definition) is 2. The molecule has 1 unspecified atom stereocenters. The molecule has 1 aromatic heterocycles. The maximum absolute atomic E-state index is 12.1. The molecule has 3 N–H and O–H groups in total. The summed E-state index contributed by atoms with van der Waals surface area (Å²) in [5.74, 6) is 0.137. The van der Waals surface area contributed by atoms with Gasteiger partial charge in [-0.2, -0.15) is 16.9 Å². The minimum absolute atomic E-state index is 0.130. The highest BCUT2D eigenvalue weighted by Crippen LogP contribution is 2.27. The van der Waals surface area contributed by atoms with E-state index < -0.39 is 0 Å². The van der Waals surface area contributed by atoms with Crippen molar-refractivity contribution in [3.8, 4) is 0 Å². The molecule has 0 aliphatic heterocycles. The van der Waals surface area contributed by atoms with Crippen LogP contribution in [0.2, 0.25) is 5.02 Å². The Kier molecular flexibility index (Phi) is 5.14. The summed E-state index contributed by atoms with van der Waals surface area (Å²) in [5.41, 5.74) is 7.26. The number of rotatable bonds is 5. The normalized spacial score (nSPS) is 12.1. The maximum Gasteiger partial charge on any atom is 0.256 e. The Bertz CT molecular complexity index is 644. The van der Waals surface area contributed by atoms with Crippen LogP contribution < -0.4 is 11.1 Å². The van der Waals surface area contributed by atoms with E-state index in [1.807, 2.05) is 30.5 Å². The first-order valence-electron chi connectivity index (χ1n) is 6.37. The molecule has 1 amide bonds. The highest BCUT2D eigenvalue weighted by Gasteiger charge is 2.16. The van der Waals surface area contributed by atoms with Gasteiger partial charge in [-0.1, -0.05) is 23.7 Å². The van der Waals surface area contributed by atoms with Gasteiger partial charge in [0.2, 0.25) is 0 Å². The molecule has 1 aromatic carbocycles. The van der Waals surface area contributed by atoms with Crippen LogP contribution in [0.4, 0.5) is 5.82 Å². The minimum Gasteiger partial charge on any atom is -0.383 e. The number of nitrogen functional groups attached to an aromatic ring is 1. The lowest BCUT2D eigenvalue weighted by molar-refractivity contribution is 0.0954. The van der Waals surface area contributed by atoms with Crippen LogP contribution in [0.25, 0.3) is 0 Å². The molecular weight excluding hydrogens is 308 g/mol. The van der Waals surface area contributed by atoms with E-state index >= 15 is 0 Å². The van der Waals surface area contributed by atoms with Crippen molar-refractivity contribution in [1.82, 2.24) is 15.1 Å². The number of carbonyl (C=O) groups excluding carboxylic acids is 1. The molecule has 0 aliphatic carbocycles. The Morgan fingerprint density at radius 3 is 2.90 bits per heavy atom. The van der Waals surface area contributed by atoms with Gasteiger partial charge < -0.3 is 11.1 Å². The molecule has 5 nitrogen and oxygen atoms in total. The van der Waals surface area contributed by atoms with E-state index in [0.29, 0.717) is 22.9 Å². The number of benzene rings is 1. The first kappa shape index (κ1) is 15.7. The van der Waals surface area contributed by atoms with Crippen LogP contribution >= 0.6 is 23.4 Å². The van der Waals surface area contributed by atoms with Gasteiger partial charge in [-0.05, 0) is 24.0 Å². The third-order valence-electron chi connectivity index (χ3n) is 3.18. The molecule has 112 valence electrons. The second kappa shape index (κ2) is 6.87. The Morgan fingerprint density at radius 2 is 2.33 bits per heavy atom. The molecule has 2 rings (SSSR count). The number of nitrogens with one attached hydrogen (secondary N) is 1. The Morgan fingerprint density at radius 1 is 1.57 bits per heavy atom. The summed E-state index contributed by atoms with van der Waals surface area (Å²) < 4.78 is 1.47. The predicted molar refractivity (Wildman–Crippen MR) is 87.7 cm³/mol. The Labute approximate surface area is 132 Å². The van der Waals surface area contributed by atoms with Crippen molar-refractivity contribution in [2.75, 3.05) is 18.5 Å². The molecule has 0 saturated heterocycles. The van der Waals surface area contributed by atoms with Gasteiger partial charge in [0.1, 0.15) is 11.4 Å². The number of halogens is 1. The molecule has 0 radical (unpaired) electrons. The number of carbonyl (C=O) groups is 1. The second-order valence-electron chi connectivity index (χ2n) is 4.56. The highest BCUT2D eigenvalue weighted by atomic mass is 35.5. The maximum atomic E-state index is 12.1. The molecule has 0 bridgehead atoms. The average molecular weight is 325 g/mol. The zero-order valence-electron chi connectivity index (χ0n) is 11.8. The molecule has 21 heavy (non-hydrogen) atoms. The number of aryl methyl sites for hydroxylation is 1. The number of hydrogen-bond acceptors (Lipinski definition) is 4.